The Morgan fingerprint density at radius 2 is 1.71 bits per heavy atom. The molecule has 0 unspecified atom stereocenters. The Bertz CT molecular complexity index is 785. The zero-order valence-electron chi connectivity index (χ0n) is 16.9. The molecule has 3 rings (SSSR count). The van der Waals surface area contributed by atoms with Gasteiger partial charge < -0.3 is 14.8 Å². The molecule has 0 aliphatic carbocycles. The normalized spacial score (nSPS) is 14.1. The number of likely N-dealkylation sites (tertiary alicyclic amines) is 1. The maximum absolute atomic E-state index is 12.3. The van der Waals surface area contributed by atoms with Crippen LogP contribution in [0.2, 0.25) is 0 Å². The molecule has 1 aliphatic rings. The molecule has 0 saturated carbocycles. The van der Waals surface area contributed by atoms with E-state index in [-0.39, 0.29) is 5.91 Å². The molecule has 0 atom stereocenters. The molecule has 2 aromatic carbocycles. The van der Waals surface area contributed by atoms with Gasteiger partial charge in [-0.25, -0.2) is 0 Å². The minimum atomic E-state index is 0.0609. The summed E-state index contributed by atoms with van der Waals surface area (Å²) in [7, 11) is 3.24. The Balaban J connectivity index is 1.51. The molecule has 0 spiro atoms. The highest BCUT2D eigenvalue weighted by Crippen LogP contribution is 2.28. The molecule has 5 nitrogen and oxygen atoms in total. The molecular formula is C23H30N2O3. The Kier molecular flexibility index (Phi) is 7.31. The highest BCUT2D eigenvalue weighted by Gasteiger charge is 2.14. The third-order valence-electron chi connectivity index (χ3n) is 5.28. The molecule has 0 aromatic heterocycles. The van der Waals surface area contributed by atoms with Gasteiger partial charge in [0.05, 0.1) is 14.2 Å². The summed E-state index contributed by atoms with van der Waals surface area (Å²) in [5, 5.41) is 3.07. The molecule has 1 aliphatic heterocycles. The van der Waals surface area contributed by atoms with Gasteiger partial charge in [0, 0.05) is 19.5 Å². The van der Waals surface area contributed by atoms with Crippen LogP contribution in [0.1, 0.15) is 36.0 Å². The van der Waals surface area contributed by atoms with Crippen molar-refractivity contribution in [3.63, 3.8) is 0 Å². The summed E-state index contributed by atoms with van der Waals surface area (Å²) in [6.07, 6.45) is 3.69. The van der Waals surface area contributed by atoms with Crippen LogP contribution in [0.3, 0.4) is 0 Å². The van der Waals surface area contributed by atoms with Gasteiger partial charge in [-0.2, -0.15) is 0 Å². The van der Waals surface area contributed by atoms with Gasteiger partial charge in [-0.05, 0) is 61.2 Å². The van der Waals surface area contributed by atoms with Crippen LogP contribution in [0.4, 0.5) is 0 Å². The number of hydrogen-bond donors (Lipinski definition) is 1. The van der Waals surface area contributed by atoms with E-state index in [1.54, 1.807) is 14.2 Å². The minimum absolute atomic E-state index is 0.0609. The Morgan fingerprint density at radius 1 is 1.00 bits per heavy atom. The van der Waals surface area contributed by atoms with Crippen LogP contribution in [0.5, 0.6) is 11.5 Å². The number of benzene rings is 2. The molecule has 5 heteroatoms. The van der Waals surface area contributed by atoms with Crippen molar-refractivity contribution < 1.29 is 14.3 Å². The standard InChI is InChI=1S/C23H30N2O3/c1-27-21-11-9-18(15-22(21)28-2)10-12-23(26)24-16-19-7-3-4-8-20(19)17-25-13-5-6-14-25/h3-4,7-9,11,15H,5-6,10,12-14,16-17H2,1-2H3,(H,24,26). The average Bonchev–Trinajstić information content (AvgIpc) is 3.24. The third-order valence-corrected chi connectivity index (χ3v) is 5.28. The fraction of sp³-hybridized carbons (Fsp3) is 0.435. The average molecular weight is 383 g/mol. The van der Waals surface area contributed by atoms with Crippen molar-refractivity contribution in [1.29, 1.82) is 0 Å². The molecule has 0 bridgehead atoms. The van der Waals surface area contributed by atoms with Crippen molar-refractivity contribution in [2.75, 3.05) is 27.3 Å². The number of nitrogens with zero attached hydrogens (tertiary/aromatic N) is 1. The molecule has 2 aromatic rings. The van der Waals surface area contributed by atoms with Crippen LogP contribution in [-0.2, 0) is 24.3 Å². The smallest absolute Gasteiger partial charge is 0.220 e. The molecular weight excluding hydrogens is 352 g/mol. The molecule has 1 N–H and O–H groups in total. The van der Waals surface area contributed by atoms with E-state index in [4.69, 9.17) is 9.47 Å². The first-order valence-electron chi connectivity index (χ1n) is 9.96. The first-order chi connectivity index (χ1) is 13.7. The minimum Gasteiger partial charge on any atom is -0.493 e. The summed E-state index contributed by atoms with van der Waals surface area (Å²) < 4.78 is 10.6. The Hall–Kier alpha value is -2.53. The highest BCUT2D eigenvalue weighted by molar-refractivity contribution is 5.76. The predicted molar refractivity (Wildman–Crippen MR) is 111 cm³/mol. The summed E-state index contributed by atoms with van der Waals surface area (Å²) in [5.74, 6) is 1.45. The Labute approximate surface area is 167 Å². The monoisotopic (exact) mass is 382 g/mol. The van der Waals surface area contributed by atoms with E-state index in [1.165, 1.54) is 37.1 Å². The first-order valence-corrected chi connectivity index (χ1v) is 9.96. The van der Waals surface area contributed by atoms with Crippen LogP contribution in [0, 0.1) is 0 Å². The number of carbonyl (C=O) groups is 1. The predicted octanol–water partition coefficient (Wildman–Crippen LogP) is 3.55. The lowest BCUT2D eigenvalue weighted by Gasteiger charge is -2.17. The SMILES string of the molecule is COc1ccc(CCC(=O)NCc2ccccc2CN2CCCC2)cc1OC. The zero-order chi connectivity index (χ0) is 19.8. The summed E-state index contributed by atoms with van der Waals surface area (Å²) in [5.41, 5.74) is 3.57. The number of aryl methyl sites for hydroxylation is 1. The maximum Gasteiger partial charge on any atom is 0.220 e. The quantitative estimate of drug-likeness (QED) is 0.721. The summed E-state index contributed by atoms with van der Waals surface area (Å²) >= 11 is 0. The van der Waals surface area contributed by atoms with Crippen molar-refractivity contribution in [2.45, 2.75) is 38.8 Å². The van der Waals surface area contributed by atoms with Crippen LogP contribution >= 0.6 is 0 Å². The van der Waals surface area contributed by atoms with E-state index >= 15 is 0 Å². The van der Waals surface area contributed by atoms with Gasteiger partial charge in [0.15, 0.2) is 11.5 Å². The summed E-state index contributed by atoms with van der Waals surface area (Å²) in [6.45, 7) is 3.89. The van der Waals surface area contributed by atoms with E-state index in [0.717, 1.165) is 12.1 Å². The lowest BCUT2D eigenvalue weighted by Crippen LogP contribution is -2.25. The number of methoxy groups -OCH3 is 2. The van der Waals surface area contributed by atoms with E-state index < -0.39 is 0 Å². The second kappa shape index (κ2) is 10.1. The van der Waals surface area contributed by atoms with E-state index in [9.17, 15) is 4.79 Å². The number of nitrogens with one attached hydrogen (secondary N) is 1. The van der Waals surface area contributed by atoms with Crippen molar-refractivity contribution in [3.8, 4) is 11.5 Å². The fourth-order valence-corrected chi connectivity index (χ4v) is 3.64. The third kappa shape index (κ3) is 5.49. The maximum atomic E-state index is 12.3. The number of carbonyl (C=O) groups excluding carboxylic acids is 1. The second-order valence-corrected chi connectivity index (χ2v) is 7.22. The van der Waals surface area contributed by atoms with Gasteiger partial charge in [-0.3, -0.25) is 9.69 Å². The summed E-state index contributed by atoms with van der Waals surface area (Å²) in [4.78, 5) is 14.8. The van der Waals surface area contributed by atoms with Gasteiger partial charge in [-0.1, -0.05) is 30.3 Å². The molecule has 1 heterocycles. The van der Waals surface area contributed by atoms with Crippen molar-refractivity contribution in [1.82, 2.24) is 10.2 Å². The van der Waals surface area contributed by atoms with Crippen LogP contribution in [-0.4, -0.2) is 38.1 Å². The summed E-state index contributed by atoms with van der Waals surface area (Å²) in [6, 6.07) is 14.2. The molecule has 28 heavy (non-hydrogen) atoms. The second-order valence-electron chi connectivity index (χ2n) is 7.22. The van der Waals surface area contributed by atoms with Gasteiger partial charge in [0.1, 0.15) is 0 Å². The topological polar surface area (TPSA) is 50.8 Å². The fourth-order valence-electron chi connectivity index (χ4n) is 3.64. The highest BCUT2D eigenvalue weighted by atomic mass is 16.5. The van der Waals surface area contributed by atoms with Gasteiger partial charge in [0.25, 0.3) is 0 Å². The first kappa shape index (κ1) is 20.2. The van der Waals surface area contributed by atoms with E-state index in [2.05, 4.69) is 28.4 Å². The Morgan fingerprint density at radius 3 is 2.43 bits per heavy atom. The number of hydrogen-bond acceptors (Lipinski definition) is 4. The zero-order valence-corrected chi connectivity index (χ0v) is 16.9. The van der Waals surface area contributed by atoms with E-state index in [1.807, 2.05) is 24.3 Å². The van der Waals surface area contributed by atoms with Gasteiger partial charge >= 0.3 is 0 Å². The van der Waals surface area contributed by atoms with Crippen LogP contribution in [0.15, 0.2) is 42.5 Å². The largest absolute Gasteiger partial charge is 0.493 e. The molecule has 0 radical (unpaired) electrons. The molecule has 150 valence electrons. The molecule has 1 saturated heterocycles. The van der Waals surface area contributed by atoms with Crippen LogP contribution in [0.25, 0.3) is 0 Å². The van der Waals surface area contributed by atoms with Crippen molar-refractivity contribution >= 4 is 5.91 Å². The van der Waals surface area contributed by atoms with Crippen LogP contribution < -0.4 is 14.8 Å². The number of amides is 1. The lowest BCUT2D eigenvalue weighted by atomic mass is 10.1. The van der Waals surface area contributed by atoms with Gasteiger partial charge in [-0.15, -0.1) is 0 Å². The number of ether oxygens (including phenoxy) is 2. The van der Waals surface area contributed by atoms with Gasteiger partial charge in [0.2, 0.25) is 5.91 Å². The molecule has 1 amide bonds. The van der Waals surface area contributed by atoms with Crippen molar-refractivity contribution in [2.24, 2.45) is 0 Å². The van der Waals surface area contributed by atoms with E-state index in [0.29, 0.717) is 30.9 Å². The number of rotatable bonds is 9. The van der Waals surface area contributed by atoms with Crippen molar-refractivity contribution in [3.05, 3.63) is 59.2 Å². The molecule has 1 fully saturated rings. The lowest BCUT2D eigenvalue weighted by molar-refractivity contribution is -0.121.